The lowest BCUT2D eigenvalue weighted by atomic mass is 10.4. The Labute approximate surface area is 108 Å². The first-order valence-electron chi connectivity index (χ1n) is 5.96. The average molecular weight is 262 g/mol. The van der Waals surface area contributed by atoms with E-state index in [1.54, 1.807) is 0 Å². The van der Waals surface area contributed by atoms with Crippen molar-refractivity contribution in [1.82, 2.24) is 10.2 Å². The van der Waals surface area contributed by atoms with Crippen LogP contribution in [0.15, 0.2) is 0 Å². The number of hydrogen-bond acceptors (Lipinski definition) is 3. The van der Waals surface area contributed by atoms with Crippen LogP contribution >= 0.6 is 24.0 Å². The molecule has 1 fully saturated rings. The molecule has 0 aromatic rings. The molecule has 0 spiro atoms. The first kappa shape index (κ1) is 14.1. The summed E-state index contributed by atoms with van der Waals surface area (Å²) >= 11 is 7.39. The molecule has 1 rings (SSSR count). The third-order valence-corrected chi connectivity index (χ3v) is 4.01. The molecule has 1 N–H and O–H groups in total. The summed E-state index contributed by atoms with van der Waals surface area (Å²) < 4.78 is 5.28. The first-order chi connectivity index (χ1) is 7.74. The Morgan fingerprint density at radius 2 is 2.44 bits per heavy atom. The van der Waals surface area contributed by atoms with E-state index in [1.165, 1.54) is 5.75 Å². The molecule has 0 aromatic carbocycles. The molecule has 3 nitrogen and oxygen atoms in total. The van der Waals surface area contributed by atoms with Crippen LogP contribution in [0.2, 0.25) is 0 Å². The van der Waals surface area contributed by atoms with Crippen molar-refractivity contribution in [3.8, 4) is 0 Å². The van der Waals surface area contributed by atoms with Crippen LogP contribution in [0.1, 0.15) is 20.3 Å². The van der Waals surface area contributed by atoms with Crippen molar-refractivity contribution in [2.75, 3.05) is 38.6 Å². The van der Waals surface area contributed by atoms with E-state index in [2.05, 4.69) is 17.1 Å². The Kier molecular flexibility index (Phi) is 7.16. The highest BCUT2D eigenvalue weighted by molar-refractivity contribution is 8.00. The fraction of sp³-hybridized carbons (Fsp3) is 0.909. The molecule has 1 unspecified atom stereocenters. The van der Waals surface area contributed by atoms with Gasteiger partial charge >= 0.3 is 0 Å². The average Bonchev–Trinajstić information content (AvgIpc) is 2.28. The summed E-state index contributed by atoms with van der Waals surface area (Å²) in [7, 11) is 0. The van der Waals surface area contributed by atoms with Crippen LogP contribution in [0.5, 0.6) is 0 Å². The highest BCUT2D eigenvalue weighted by Gasteiger charge is 2.18. The number of thiocarbonyl (C=S) groups is 1. The molecule has 0 amide bonds. The molecule has 16 heavy (non-hydrogen) atoms. The zero-order valence-corrected chi connectivity index (χ0v) is 11.8. The van der Waals surface area contributed by atoms with Gasteiger partial charge in [0.05, 0.1) is 0 Å². The second kappa shape index (κ2) is 8.14. The second-order valence-corrected chi connectivity index (χ2v) is 5.84. The van der Waals surface area contributed by atoms with Gasteiger partial charge in [-0.25, -0.2) is 0 Å². The highest BCUT2D eigenvalue weighted by Crippen LogP contribution is 2.17. The van der Waals surface area contributed by atoms with Gasteiger partial charge in [-0.2, -0.15) is 11.8 Å². The summed E-state index contributed by atoms with van der Waals surface area (Å²) in [5.41, 5.74) is 0. The van der Waals surface area contributed by atoms with Crippen molar-refractivity contribution >= 4 is 29.1 Å². The van der Waals surface area contributed by atoms with Gasteiger partial charge < -0.3 is 15.0 Å². The predicted molar refractivity (Wildman–Crippen MR) is 75.2 cm³/mol. The third-order valence-electron chi connectivity index (χ3n) is 2.47. The second-order valence-electron chi connectivity index (χ2n) is 3.91. The summed E-state index contributed by atoms with van der Waals surface area (Å²) in [6, 6.07) is 0. The lowest BCUT2D eigenvalue weighted by molar-refractivity contribution is 0.145. The molecule has 0 radical (unpaired) electrons. The topological polar surface area (TPSA) is 24.5 Å². The van der Waals surface area contributed by atoms with Gasteiger partial charge in [-0.1, -0.05) is 6.92 Å². The van der Waals surface area contributed by atoms with Crippen molar-refractivity contribution in [2.45, 2.75) is 25.5 Å². The predicted octanol–water partition coefficient (Wildman–Crippen LogP) is 1.72. The maximum Gasteiger partial charge on any atom is 0.168 e. The summed E-state index contributed by atoms with van der Waals surface area (Å²) in [5, 5.41) is 4.90. The molecule has 1 aliphatic heterocycles. The van der Waals surface area contributed by atoms with E-state index in [1.807, 2.05) is 18.7 Å². The van der Waals surface area contributed by atoms with Crippen LogP contribution in [0.4, 0.5) is 0 Å². The minimum Gasteiger partial charge on any atom is -0.382 e. The molecule has 1 saturated heterocycles. The van der Waals surface area contributed by atoms with E-state index in [4.69, 9.17) is 17.0 Å². The molecular weight excluding hydrogens is 240 g/mol. The third kappa shape index (κ3) is 5.37. The molecule has 5 heteroatoms. The number of thioether (sulfide) groups is 1. The van der Waals surface area contributed by atoms with Gasteiger partial charge in [-0.3, -0.25) is 0 Å². The van der Waals surface area contributed by atoms with Gasteiger partial charge in [0.1, 0.15) is 0 Å². The minimum absolute atomic E-state index is 0.692. The molecular formula is C11H22N2OS2. The van der Waals surface area contributed by atoms with Crippen molar-refractivity contribution in [3.63, 3.8) is 0 Å². The molecule has 1 heterocycles. The van der Waals surface area contributed by atoms with Gasteiger partial charge in [0.15, 0.2) is 5.11 Å². The monoisotopic (exact) mass is 262 g/mol. The van der Waals surface area contributed by atoms with E-state index in [9.17, 15) is 0 Å². The molecule has 1 aliphatic rings. The van der Waals surface area contributed by atoms with E-state index >= 15 is 0 Å². The van der Waals surface area contributed by atoms with E-state index < -0.39 is 0 Å². The lowest BCUT2D eigenvalue weighted by Gasteiger charge is -2.32. The zero-order valence-electron chi connectivity index (χ0n) is 10.2. The number of nitrogens with one attached hydrogen (secondary N) is 1. The van der Waals surface area contributed by atoms with Crippen molar-refractivity contribution in [1.29, 1.82) is 0 Å². The van der Waals surface area contributed by atoms with Gasteiger partial charge in [-0.05, 0) is 25.6 Å². The molecule has 0 aliphatic carbocycles. The Morgan fingerprint density at radius 1 is 1.62 bits per heavy atom. The van der Waals surface area contributed by atoms with Crippen LogP contribution in [0.3, 0.4) is 0 Å². The van der Waals surface area contributed by atoms with Crippen LogP contribution in [0.25, 0.3) is 0 Å². The Balaban J connectivity index is 2.09. The van der Waals surface area contributed by atoms with Gasteiger partial charge in [0.2, 0.25) is 0 Å². The maximum atomic E-state index is 5.37. The van der Waals surface area contributed by atoms with Gasteiger partial charge in [-0.15, -0.1) is 0 Å². The highest BCUT2D eigenvalue weighted by atomic mass is 32.2. The number of ether oxygens (including phenoxy) is 1. The number of rotatable bonds is 5. The smallest absolute Gasteiger partial charge is 0.168 e. The van der Waals surface area contributed by atoms with E-state index in [-0.39, 0.29) is 0 Å². The quantitative estimate of drug-likeness (QED) is 0.601. The van der Waals surface area contributed by atoms with Crippen molar-refractivity contribution in [2.24, 2.45) is 0 Å². The molecule has 94 valence electrons. The molecule has 0 aromatic heterocycles. The summed E-state index contributed by atoms with van der Waals surface area (Å²) in [6.07, 6.45) is 1.02. The summed E-state index contributed by atoms with van der Waals surface area (Å²) in [6.45, 7) is 8.95. The molecule has 0 bridgehead atoms. The van der Waals surface area contributed by atoms with Crippen LogP contribution in [-0.2, 0) is 4.74 Å². The summed E-state index contributed by atoms with van der Waals surface area (Å²) in [5.74, 6) is 1.18. The van der Waals surface area contributed by atoms with Gasteiger partial charge in [0.25, 0.3) is 0 Å². The van der Waals surface area contributed by atoms with Gasteiger partial charge in [0, 0.05) is 43.9 Å². The Morgan fingerprint density at radius 3 is 3.12 bits per heavy atom. The fourth-order valence-electron chi connectivity index (χ4n) is 1.63. The van der Waals surface area contributed by atoms with Crippen LogP contribution in [-0.4, -0.2) is 53.9 Å². The van der Waals surface area contributed by atoms with E-state index in [0.717, 1.165) is 44.4 Å². The van der Waals surface area contributed by atoms with Crippen molar-refractivity contribution < 1.29 is 4.74 Å². The largest absolute Gasteiger partial charge is 0.382 e. The number of nitrogens with zero attached hydrogens (tertiary/aromatic N) is 1. The van der Waals surface area contributed by atoms with Crippen molar-refractivity contribution in [3.05, 3.63) is 0 Å². The van der Waals surface area contributed by atoms with Crippen LogP contribution in [0, 0.1) is 0 Å². The number of hydrogen-bond donors (Lipinski definition) is 1. The van der Waals surface area contributed by atoms with E-state index in [0.29, 0.717) is 5.25 Å². The maximum absolute atomic E-state index is 5.37. The lowest BCUT2D eigenvalue weighted by Crippen LogP contribution is -2.46. The standard InChI is InChI=1S/C11H22N2OS2/c1-3-14-7-4-5-12-11(15)13-6-8-16-10(2)9-13/h10H,3-9H2,1-2H3,(H,12,15). The first-order valence-corrected chi connectivity index (χ1v) is 7.42. The minimum atomic E-state index is 0.692. The molecule has 1 atom stereocenters. The normalized spacial score (nSPS) is 20.9. The SMILES string of the molecule is CCOCCCNC(=S)N1CCSC(C)C1. The van der Waals surface area contributed by atoms with Crippen LogP contribution < -0.4 is 5.32 Å². The Hall–Kier alpha value is 0. The fourth-order valence-corrected chi connectivity index (χ4v) is 2.91. The molecule has 0 saturated carbocycles. The zero-order chi connectivity index (χ0) is 11.8. The summed E-state index contributed by atoms with van der Waals surface area (Å²) in [4.78, 5) is 2.27. The Bertz CT molecular complexity index is 214.